The van der Waals surface area contributed by atoms with Crippen molar-refractivity contribution in [2.45, 2.75) is 18.9 Å². The molecular weight excluding hydrogens is 254 g/mol. The lowest BCUT2D eigenvalue weighted by Crippen LogP contribution is -2.42. The molecule has 5 heteroatoms. The Kier molecular flexibility index (Phi) is 4.09. The van der Waals surface area contributed by atoms with Crippen molar-refractivity contribution in [2.75, 3.05) is 20.2 Å². The molecule has 2 rings (SSSR count). The Hall–Kier alpha value is -1.26. The molecule has 0 aromatic heterocycles. The van der Waals surface area contributed by atoms with E-state index in [9.17, 15) is 9.90 Å². The molecule has 1 aromatic rings. The number of piperidine rings is 1. The summed E-state index contributed by atoms with van der Waals surface area (Å²) in [7, 11) is 1.51. The molecule has 98 valence electrons. The minimum atomic E-state index is -0.430. The lowest BCUT2D eigenvalue weighted by atomic mass is 10.1. The Balaban J connectivity index is 2.22. The zero-order chi connectivity index (χ0) is 13.1. The van der Waals surface area contributed by atoms with Gasteiger partial charge in [-0.3, -0.25) is 4.79 Å². The molecule has 0 saturated carbocycles. The maximum absolute atomic E-state index is 12.3. The fraction of sp³-hybridized carbons (Fsp3) is 0.462. The van der Waals surface area contributed by atoms with Crippen LogP contribution in [0.4, 0.5) is 0 Å². The maximum atomic E-state index is 12.3. The van der Waals surface area contributed by atoms with Crippen LogP contribution in [0, 0.1) is 0 Å². The van der Waals surface area contributed by atoms with Crippen molar-refractivity contribution in [3.05, 3.63) is 28.8 Å². The monoisotopic (exact) mass is 269 g/mol. The molecule has 1 unspecified atom stereocenters. The summed E-state index contributed by atoms with van der Waals surface area (Å²) in [6, 6.07) is 4.94. The van der Waals surface area contributed by atoms with E-state index in [1.54, 1.807) is 23.1 Å². The molecule has 0 spiro atoms. The van der Waals surface area contributed by atoms with Crippen molar-refractivity contribution in [2.24, 2.45) is 0 Å². The third-order valence-electron chi connectivity index (χ3n) is 3.08. The number of nitrogens with zero attached hydrogens (tertiary/aromatic N) is 1. The Morgan fingerprint density at radius 1 is 1.56 bits per heavy atom. The molecule has 1 saturated heterocycles. The second-order valence-electron chi connectivity index (χ2n) is 4.39. The first-order valence-electron chi connectivity index (χ1n) is 5.92. The molecule has 1 aliphatic heterocycles. The van der Waals surface area contributed by atoms with Crippen molar-refractivity contribution >= 4 is 17.5 Å². The number of carbonyl (C=O) groups excluding carboxylic acids is 1. The molecule has 0 radical (unpaired) electrons. The van der Waals surface area contributed by atoms with Crippen molar-refractivity contribution in [1.82, 2.24) is 4.90 Å². The summed E-state index contributed by atoms with van der Waals surface area (Å²) in [5.74, 6) is 0.342. The van der Waals surface area contributed by atoms with Crippen LogP contribution in [0.2, 0.25) is 5.02 Å². The second kappa shape index (κ2) is 5.59. The van der Waals surface area contributed by atoms with Gasteiger partial charge in [0.2, 0.25) is 0 Å². The normalized spacial score (nSPS) is 19.7. The molecule has 1 amide bonds. The Bertz CT molecular complexity index is 450. The number of amides is 1. The third-order valence-corrected chi connectivity index (χ3v) is 3.31. The second-order valence-corrected chi connectivity index (χ2v) is 4.83. The fourth-order valence-electron chi connectivity index (χ4n) is 2.15. The van der Waals surface area contributed by atoms with Crippen molar-refractivity contribution in [1.29, 1.82) is 0 Å². The lowest BCUT2D eigenvalue weighted by molar-refractivity contribution is 0.0471. The predicted molar refractivity (Wildman–Crippen MR) is 69.1 cm³/mol. The number of methoxy groups -OCH3 is 1. The van der Waals surface area contributed by atoms with Gasteiger partial charge in [0.05, 0.1) is 18.8 Å². The zero-order valence-electron chi connectivity index (χ0n) is 10.2. The lowest BCUT2D eigenvalue weighted by Gasteiger charge is -2.30. The summed E-state index contributed by atoms with van der Waals surface area (Å²) in [5, 5.41) is 10.1. The number of hydrogen-bond acceptors (Lipinski definition) is 3. The molecule has 0 aliphatic carbocycles. The van der Waals surface area contributed by atoms with Crippen LogP contribution >= 0.6 is 11.6 Å². The van der Waals surface area contributed by atoms with E-state index in [1.165, 1.54) is 7.11 Å². The largest absolute Gasteiger partial charge is 0.496 e. The molecule has 1 aromatic carbocycles. The number of benzene rings is 1. The van der Waals surface area contributed by atoms with Gasteiger partial charge in [-0.1, -0.05) is 11.6 Å². The van der Waals surface area contributed by atoms with Crippen LogP contribution in [0.3, 0.4) is 0 Å². The van der Waals surface area contributed by atoms with Gasteiger partial charge >= 0.3 is 0 Å². The summed E-state index contributed by atoms with van der Waals surface area (Å²) in [5.41, 5.74) is 0.482. The third kappa shape index (κ3) is 2.76. The molecule has 18 heavy (non-hydrogen) atoms. The first-order chi connectivity index (χ1) is 8.61. The topological polar surface area (TPSA) is 49.8 Å². The average molecular weight is 270 g/mol. The van der Waals surface area contributed by atoms with E-state index < -0.39 is 6.10 Å². The number of aliphatic hydroxyl groups excluding tert-OH is 1. The van der Waals surface area contributed by atoms with E-state index in [0.29, 0.717) is 29.4 Å². The van der Waals surface area contributed by atoms with Crippen molar-refractivity contribution in [3.8, 4) is 5.75 Å². The van der Waals surface area contributed by atoms with E-state index in [2.05, 4.69) is 0 Å². The molecule has 1 N–H and O–H groups in total. The molecule has 1 fully saturated rings. The van der Waals surface area contributed by atoms with Crippen LogP contribution < -0.4 is 4.74 Å². The summed E-state index contributed by atoms with van der Waals surface area (Å²) in [6.45, 7) is 1.05. The quantitative estimate of drug-likeness (QED) is 0.893. The van der Waals surface area contributed by atoms with Gasteiger partial charge < -0.3 is 14.7 Å². The molecule has 4 nitrogen and oxygen atoms in total. The van der Waals surface area contributed by atoms with Gasteiger partial charge in [0.15, 0.2) is 0 Å². The maximum Gasteiger partial charge on any atom is 0.257 e. The van der Waals surface area contributed by atoms with Crippen LogP contribution in [0.1, 0.15) is 23.2 Å². The van der Waals surface area contributed by atoms with Gasteiger partial charge in [-0.15, -0.1) is 0 Å². The Labute approximate surface area is 111 Å². The summed E-state index contributed by atoms with van der Waals surface area (Å²) in [6.07, 6.45) is 1.14. The number of likely N-dealkylation sites (tertiary alicyclic amines) is 1. The van der Waals surface area contributed by atoms with Crippen LogP contribution in [0.15, 0.2) is 18.2 Å². The van der Waals surface area contributed by atoms with E-state index >= 15 is 0 Å². The van der Waals surface area contributed by atoms with E-state index in [0.717, 1.165) is 12.8 Å². The highest BCUT2D eigenvalue weighted by Gasteiger charge is 2.25. The summed E-state index contributed by atoms with van der Waals surface area (Å²) in [4.78, 5) is 14.0. The standard InChI is InChI=1S/C13H16ClNO3/c1-18-12-7-9(14)4-5-11(12)13(17)15-6-2-3-10(16)8-15/h4-5,7,10,16H,2-3,6,8H2,1H3. The van der Waals surface area contributed by atoms with E-state index in [1.807, 2.05) is 0 Å². The van der Waals surface area contributed by atoms with Crippen LogP contribution in [-0.4, -0.2) is 42.2 Å². The molecule has 0 bridgehead atoms. The van der Waals surface area contributed by atoms with Crippen LogP contribution in [0.25, 0.3) is 0 Å². The zero-order valence-corrected chi connectivity index (χ0v) is 11.0. The number of rotatable bonds is 2. The smallest absolute Gasteiger partial charge is 0.257 e. The van der Waals surface area contributed by atoms with E-state index in [-0.39, 0.29) is 5.91 Å². The minimum absolute atomic E-state index is 0.123. The number of carbonyl (C=O) groups is 1. The molecule has 1 heterocycles. The molecule has 1 atom stereocenters. The van der Waals surface area contributed by atoms with Crippen molar-refractivity contribution in [3.63, 3.8) is 0 Å². The van der Waals surface area contributed by atoms with E-state index in [4.69, 9.17) is 16.3 Å². The summed E-state index contributed by atoms with van der Waals surface area (Å²) >= 11 is 5.86. The predicted octanol–water partition coefficient (Wildman–Crippen LogP) is 1.95. The number of ether oxygens (including phenoxy) is 1. The average Bonchev–Trinajstić information content (AvgIpc) is 2.37. The highest BCUT2D eigenvalue weighted by Crippen LogP contribution is 2.25. The fourth-order valence-corrected chi connectivity index (χ4v) is 2.31. The minimum Gasteiger partial charge on any atom is -0.496 e. The highest BCUT2D eigenvalue weighted by atomic mass is 35.5. The Morgan fingerprint density at radius 2 is 2.33 bits per heavy atom. The summed E-state index contributed by atoms with van der Waals surface area (Å²) < 4.78 is 5.17. The molecule has 1 aliphatic rings. The first-order valence-corrected chi connectivity index (χ1v) is 6.30. The van der Waals surface area contributed by atoms with Gasteiger partial charge in [0.1, 0.15) is 5.75 Å². The van der Waals surface area contributed by atoms with Crippen molar-refractivity contribution < 1.29 is 14.6 Å². The number of hydrogen-bond donors (Lipinski definition) is 1. The highest BCUT2D eigenvalue weighted by molar-refractivity contribution is 6.30. The van der Waals surface area contributed by atoms with Gasteiger partial charge in [-0.25, -0.2) is 0 Å². The Morgan fingerprint density at radius 3 is 3.00 bits per heavy atom. The molecular formula is C13H16ClNO3. The van der Waals surface area contributed by atoms with Gasteiger partial charge in [0, 0.05) is 18.1 Å². The van der Waals surface area contributed by atoms with Crippen LogP contribution in [-0.2, 0) is 0 Å². The number of aliphatic hydroxyl groups is 1. The van der Waals surface area contributed by atoms with Gasteiger partial charge in [-0.05, 0) is 31.0 Å². The number of halogens is 1. The van der Waals surface area contributed by atoms with Crippen LogP contribution in [0.5, 0.6) is 5.75 Å². The SMILES string of the molecule is COc1cc(Cl)ccc1C(=O)N1CCCC(O)C1. The van der Waals surface area contributed by atoms with Gasteiger partial charge in [0.25, 0.3) is 5.91 Å². The van der Waals surface area contributed by atoms with Gasteiger partial charge in [-0.2, -0.15) is 0 Å². The first kappa shape index (κ1) is 13.2. The number of β-amino-alcohol motifs (C(OH)–C–C–N with tert-alkyl or cyclic N) is 1.